The maximum Gasteiger partial charge on any atom is 0.137 e. The molecule has 15 rings (SSSR count). The lowest BCUT2D eigenvalue weighted by atomic mass is 9.58. The molecule has 13 aromatic rings. The van der Waals surface area contributed by atoms with Crippen LogP contribution in [0.25, 0.3) is 82.1 Å². The van der Waals surface area contributed by atoms with Crippen LogP contribution in [0.3, 0.4) is 0 Å². The van der Waals surface area contributed by atoms with Crippen molar-refractivity contribution in [1.29, 1.82) is 0 Å². The Labute approximate surface area is 385 Å². The van der Waals surface area contributed by atoms with Crippen LogP contribution in [-0.4, -0.2) is 4.57 Å². The Morgan fingerprint density at radius 1 is 0.373 bits per heavy atom. The molecule has 11 aromatic carbocycles. The molecule has 0 saturated carbocycles. The molecule has 2 aliphatic rings. The molecule has 0 N–H and O–H groups in total. The van der Waals surface area contributed by atoms with Crippen molar-refractivity contribution >= 4 is 82.4 Å². The predicted octanol–water partition coefficient (Wildman–Crippen LogP) is 16.9. The summed E-state index contributed by atoms with van der Waals surface area (Å²) >= 11 is 0. The van der Waals surface area contributed by atoms with Gasteiger partial charge in [-0.15, -0.1) is 0 Å². The van der Waals surface area contributed by atoms with Gasteiger partial charge in [0, 0.05) is 44.0 Å². The monoisotopic (exact) mass is 854 g/mol. The first kappa shape index (κ1) is 36.5. The first-order chi connectivity index (χ1) is 33.2. The van der Waals surface area contributed by atoms with E-state index in [0.717, 1.165) is 78.3 Å². The fourth-order valence-corrected chi connectivity index (χ4v) is 11.9. The van der Waals surface area contributed by atoms with Crippen molar-refractivity contribution in [3.8, 4) is 28.3 Å². The minimum atomic E-state index is -0.676. The molecule has 312 valence electrons. The van der Waals surface area contributed by atoms with Gasteiger partial charge in [0.25, 0.3) is 0 Å². The molecule has 1 aliphatic heterocycles. The van der Waals surface area contributed by atoms with Crippen LogP contribution in [0.5, 0.6) is 11.5 Å². The number of furan rings is 1. The third kappa shape index (κ3) is 4.91. The van der Waals surface area contributed by atoms with E-state index in [1.165, 1.54) is 54.6 Å². The Kier molecular flexibility index (Phi) is 7.40. The van der Waals surface area contributed by atoms with E-state index < -0.39 is 5.41 Å². The second-order valence-electron chi connectivity index (χ2n) is 17.9. The molecule has 2 aromatic heterocycles. The molecule has 0 saturated heterocycles. The van der Waals surface area contributed by atoms with Crippen molar-refractivity contribution in [2.45, 2.75) is 5.41 Å². The van der Waals surface area contributed by atoms with E-state index in [2.05, 4.69) is 234 Å². The van der Waals surface area contributed by atoms with Crippen LogP contribution in [-0.2, 0) is 5.41 Å². The number of nitrogens with zero attached hydrogens (tertiary/aromatic N) is 2. The molecule has 4 heteroatoms. The first-order valence-electron chi connectivity index (χ1n) is 23.0. The van der Waals surface area contributed by atoms with Crippen LogP contribution in [0.4, 0.5) is 17.1 Å². The van der Waals surface area contributed by atoms with Crippen molar-refractivity contribution in [2.75, 3.05) is 4.90 Å². The summed E-state index contributed by atoms with van der Waals surface area (Å²) in [5, 5.41) is 9.45. The van der Waals surface area contributed by atoms with Crippen LogP contribution in [0, 0.1) is 0 Å². The van der Waals surface area contributed by atoms with Crippen LogP contribution < -0.4 is 9.64 Å². The van der Waals surface area contributed by atoms with E-state index in [-0.39, 0.29) is 0 Å². The molecular formula is C63H38N2O2. The normalized spacial score (nSPS) is 13.3. The van der Waals surface area contributed by atoms with Gasteiger partial charge in [0.15, 0.2) is 0 Å². The third-order valence-corrected chi connectivity index (χ3v) is 14.6. The molecule has 3 heterocycles. The van der Waals surface area contributed by atoms with E-state index in [1.54, 1.807) is 0 Å². The molecule has 0 unspecified atom stereocenters. The molecule has 0 amide bonds. The van der Waals surface area contributed by atoms with Gasteiger partial charge in [-0.25, -0.2) is 0 Å². The quantitative estimate of drug-likeness (QED) is 0.177. The van der Waals surface area contributed by atoms with Crippen LogP contribution >= 0.6 is 0 Å². The molecule has 67 heavy (non-hydrogen) atoms. The van der Waals surface area contributed by atoms with E-state index in [9.17, 15) is 0 Å². The van der Waals surface area contributed by atoms with E-state index >= 15 is 0 Å². The number of rotatable bonds is 4. The number of para-hydroxylation sites is 4. The minimum absolute atomic E-state index is 0.676. The second kappa shape index (κ2) is 13.6. The Bertz CT molecular complexity index is 4170. The van der Waals surface area contributed by atoms with Crippen molar-refractivity contribution in [3.05, 3.63) is 253 Å². The average Bonchev–Trinajstić information content (AvgIpc) is 3.94. The lowest BCUT2D eigenvalue weighted by molar-refractivity contribution is 0.435. The molecule has 4 nitrogen and oxygen atoms in total. The van der Waals surface area contributed by atoms with Gasteiger partial charge in [-0.3, -0.25) is 0 Å². The number of anilines is 3. The largest absolute Gasteiger partial charge is 0.457 e. The van der Waals surface area contributed by atoms with Gasteiger partial charge in [0.1, 0.15) is 22.7 Å². The van der Waals surface area contributed by atoms with Gasteiger partial charge in [0.2, 0.25) is 0 Å². The number of benzene rings is 11. The third-order valence-electron chi connectivity index (χ3n) is 14.6. The van der Waals surface area contributed by atoms with Crippen molar-refractivity contribution in [2.24, 2.45) is 0 Å². The Morgan fingerprint density at radius 2 is 0.985 bits per heavy atom. The highest BCUT2D eigenvalue weighted by Gasteiger charge is 2.49. The summed E-state index contributed by atoms with van der Waals surface area (Å²) in [7, 11) is 0. The smallest absolute Gasteiger partial charge is 0.137 e. The lowest BCUT2D eigenvalue weighted by Crippen LogP contribution is -2.36. The van der Waals surface area contributed by atoms with Crippen molar-refractivity contribution < 1.29 is 9.15 Å². The fourth-order valence-electron chi connectivity index (χ4n) is 11.9. The summed E-state index contributed by atoms with van der Waals surface area (Å²) in [4.78, 5) is 2.48. The summed E-state index contributed by atoms with van der Waals surface area (Å²) in [6.07, 6.45) is 0. The highest BCUT2D eigenvalue weighted by molar-refractivity contribution is 6.15. The number of aromatic nitrogens is 1. The summed E-state index contributed by atoms with van der Waals surface area (Å²) in [5.41, 5.74) is 14.9. The zero-order valence-corrected chi connectivity index (χ0v) is 36.2. The molecule has 1 spiro atoms. The minimum Gasteiger partial charge on any atom is -0.457 e. The van der Waals surface area contributed by atoms with Gasteiger partial charge in [0.05, 0.1) is 33.2 Å². The maximum absolute atomic E-state index is 6.80. The van der Waals surface area contributed by atoms with E-state index in [4.69, 9.17) is 9.15 Å². The number of hydrogen-bond acceptors (Lipinski definition) is 3. The van der Waals surface area contributed by atoms with Crippen molar-refractivity contribution in [1.82, 2.24) is 4.57 Å². The highest BCUT2D eigenvalue weighted by atomic mass is 16.5. The molecule has 0 atom stereocenters. The lowest BCUT2D eigenvalue weighted by Gasteiger charge is -2.45. The van der Waals surface area contributed by atoms with Gasteiger partial charge >= 0.3 is 0 Å². The van der Waals surface area contributed by atoms with Gasteiger partial charge < -0.3 is 18.6 Å². The zero-order chi connectivity index (χ0) is 43.8. The van der Waals surface area contributed by atoms with Gasteiger partial charge in [-0.1, -0.05) is 158 Å². The maximum atomic E-state index is 6.80. The molecule has 0 bridgehead atoms. The van der Waals surface area contributed by atoms with Gasteiger partial charge in [-0.05, 0) is 111 Å². The molecule has 1 aliphatic carbocycles. The SMILES string of the molecule is c1ccc2c(c1)Oc1ccccc1C21c2cc(N(c3ccc4c(c3)c3ccccc3n4-c3cccc4oc5ccccc5c34)c3cccc4ccccc34)ccc2-c2cccc3cccc1c23. The predicted molar refractivity (Wildman–Crippen MR) is 275 cm³/mol. The Balaban J connectivity index is 1.03. The number of fused-ring (bicyclic) bond motifs is 15. The van der Waals surface area contributed by atoms with E-state index in [1.807, 2.05) is 6.07 Å². The number of hydrogen-bond donors (Lipinski definition) is 0. The Hall–Kier alpha value is -8.86. The molecule has 0 fully saturated rings. The molecular weight excluding hydrogens is 817 g/mol. The fraction of sp³-hybridized carbons (Fsp3) is 0.0159. The number of ether oxygens (including phenoxy) is 1. The van der Waals surface area contributed by atoms with Crippen LogP contribution in [0.15, 0.2) is 235 Å². The summed E-state index contributed by atoms with van der Waals surface area (Å²) in [6.45, 7) is 0. The summed E-state index contributed by atoms with van der Waals surface area (Å²) in [6, 6.07) is 84.0. The summed E-state index contributed by atoms with van der Waals surface area (Å²) < 4.78 is 15.6. The zero-order valence-electron chi connectivity index (χ0n) is 36.2. The van der Waals surface area contributed by atoms with Crippen molar-refractivity contribution in [3.63, 3.8) is 0 Å². The summed E-state index contributed by atoms with van der Waals surface area (Å²) in [5.74, 6) is 1.75. The van der Waals surface area contributed by atoms with Crippen LogP contribution in [0.2, 0.25) is 0 Å². The Morgan fingerprint density at radius 3 is 1.85 bits per heavy atom. The second-order valence-corrected chi connectivity index (χ2v) is 17.9. The standard InChI is InChI=1S/C63H38N2O2/c1-2-19-43-39(15-1)16-13-27-53(43)64(41-34-36-55-48(37-41)45-20-3-7-26-54(45)65(55)56-28-14-32-60-62(56)47-21-4-8-29-57(47)66-60)42-33-35-44-46-22-11-17-40-18-12-25-51(61(40)46)63(52(44)38-42)49-23-5-9-30-58(49)67-59-31-10-6-24-50(59)63/h1-38H. The van der Waals surface area contributed by atoms with E-state index in [0.29, 0.717) is 0 Å². The average molecular weight is 855 g/mol. The molecule has 0 radical (unpaired) electrons. The topological polar surface area (TPSA) is 30.5 Å². The van der Waals surface area contributed by atoms with Gasteiger partial charge in [-0.2, -0.15) is 0 Å². The highest BCUT2D eigenvalue weighted by Crippen LogP contribution is 2.62. The van der Waals surface area contributed by atoms with Crippen LogP contribution in [0.1, 0.15) is 22.3 Å². The first-order valence-corrected chi connectivity index (χ1v) is 23.0.